The van der Waals surface area contributed by atoms with Crippen LogP contribution in [0.1, 0.15) is 54.1 Å². The predicted molar refractivity (Wildman–Crippen MR) is 115 cm³/mol. The normalized spacial score (nSPS) is 17.2. The van der Waals surface area contributed by atoms with E-state index in [0.29, 0.717) is 6.04 Å². The molecule has 1 saturated carbocycles. The summed E-state index contributed by atoms with van der Waals surface area (Å²) in [5.74, 6) is 1.18. The molecule has 2 aromatic heterocycles. The zero-order valence-corrected chi connectivity index (χ0v) is 17.1. The van der Waals surface area contributed by atoms with Crippen LogP contribution in [0, 0.1) is 13.8 Å². The lowest BCUT2D eigenvalue weighted by atomic mass is 9.99. The number of aromatic nitrogens is 2. The molecule has 0 atom stereocenters. The van der Waals surface area contributed by atoms with Crippen LogP contribution in [0.2, 0.25) is 0 Å². The summed E-state index contributed by atoms with van der Waals surface area (Å²) in [4.78, 5) is 7.34. The first-order valence-corrected chi connectivity index (χ1v) is 10.0. The molecule has 3 aromatic rings. The van der Waals surface area contributed by atoms with Gasteiger partial charge in [0.1, 0.15) is 5.82 Å². The zero-order valence-electron chi connectivity index (χ0n) is 16.2. The van der Waals surface area contributed by atoms with Gasteiger partial charge in [-0.2, -0.15) is 0 Å². The highest BCUT2D eigenvalue weighted by atomic mass is 35.5. The fraction of sp³-hybridized carbons (Fsp3) is 0.435. The third-order valence-corrected chi connectivity index (χ3v) is 6.57. The number of aryl methyl sites for hydroxylation is 1. The molecule has 3 nitrogen and oxygen atoms in total. The maximum atomic E-state index is 4.86. The Hall–Kier alpha value is -2.00. The monoisotopic (exact) mass is 381 g/mol. The van der Waals surface area contributed by atoms with Crippen LogP contribution in [0.15, 0.2) is 36.5 Å². The van der Waals surface area contributed by atoms with E-state index in [0.717, 1.165) is 19.5 Å². The van der Waals surface area contributed by atoms with E-state index in [-0.39, 0.29) is 12.4 Å². The number of pyridine rings is 1. The predicted octanol–water partition coefficient (Wildman–Crippen LogP) is 5.75. The number of anilines is 1. The van der Waals surface area contributed by atoms with Crippen molar-refractivity contribution in [3.05, 3.63) is 58.9 Å². The molecule has 0 radical (unpaired) electrons. The number of nitrogens with zero attached hydrogens (tertiary/aromatic N) is 3. The van der Waals surface area contributed by atoms with Crippen LogP contribution in [-0.4, -0.2) is 16.1 Å². The smallest absolute Gasteiger partial charge is 0.138 e. The average molecular weight is 382 g/mol. The molecule has 1 aromatic carbocycles. The van der Waals surface area contributed by atoms with Gasteiger partial charge in [-0.1, -0.05) is 37.1 Å². The first-order chi connectivity index (χ1) is 12.7. The van der Waals surface area contributed by atoms with Crippen LogP contribution < -0.4 is 4.90 Å². The largest absolute Gasteiger partial charge is 0.351 e. The molecule has 0 N–H and O–H groups in total. The first-order valence-electron chi connectivity index (χ1n) is 10.0. The minimum absolute atomic E-state index is 0. The van der Waals surface area contributed by atoms with E-state index in [9.17, 15) is 0 Å². The Morgan fingerprint density at radius 1 is 1.00 bits per heavy atom. The Balaban J connectivity index is 0.00000180. The third-order valence-electron chi connectivity index (χ3n) is 6.57. The molecule has 2 aliphatic rings. The standard InChI is InChI=1S/C23H27N3.ClH/c1-16-17(2)26(20-9-5-6-10-20)21-11-13-24-23(22(16)21)25-14-12-18-7-3-4-8-19(18)15-25;/h3-4,7-8,11,13,20H,5-6,9-10,12,14-15H2,1-2H3;1H. The van der Waals surface area contributed by atoms with Crippen molar-refractivity contribution >= 4 is 29.1 Å². The van der Waals surface area contributed by atoms with Crippen molar-refractivity contribution < 1.29 is 0 Å². The molecule has 1 aliphatic heterocycles. The van der Waals surface area contributed by atoms with Gasteiger partial charge in [-0.05, 0) is 55.9 Å². The summed E-state index contributed by atoms with van der Waals surface area (Å²) in [5, 5.41) is 1.37. The second kappa shape index (κ2) is 7.20. The highest BCUT2D eigenvalue weighted by Crippen LogP contribution is 2.39. The van der Waals surface area contributed by atoms with Crippen LogP contribution in [0.5, 0.6) is 0 Å². The lowest BCUT2D eigenvalue weighted by molar-refractivity contribution is 0.524. The summed E-state index contributed by atoms with van der Waals surface area (Å²) in [6, 6.07) is 11.7. The molecule has 0 spiro atoms. The van der Waals surface area contributed by atoms with Crippen molar-refractivity contribution in [3.8, 4) is 0 Å². The summed E-state index contributed by atoms with van der Waals surface area (Å²) < 4.78 is 2.61. The Kier molecular flexibility index (Phi) is 4.90. The second-order valence-corrected chi connectivity index (χ2v) is 7.99. The molecule has 0 saturated heterocycles. The molecular weight excluding hydrogens is 354 g/mol. The topological polar surface area (TPSA) is 21.1 Å². The van der Waals surface area contributed by atoms with Gasteiger partial charge < -0.3 is 9.47 Å². The molecular formula is C23H28ClN3. The van der Waals surface area contributed by atoms with Crippen LogP contribution in [0.4, 0.5) is 5.82 Å². The zero-order chi connectivity index (χ0) is 17.7. The van der Waals surface area contributed by atoms with Crippen LogP contribution >= 0.6 is 12.4 Å². The van der Waals surface area contributed by atoms with Gasteiger partial charge in [-0.15, -0.1) is 12.4 Å². The van der Waals surface area contributed by atoms with Crippen molar-refractivity contribution in [2.24, 2.45) is 0 Å². The molecule has 1 fully saturated rings. The van der Waals surface area contributed by atoms with Crippen molar-refractivity contribution in [2.45, 2.75) is 58.5 Å². The Morgan fingerprint density at radius 2 is 1.74 bits per heavy atom. The minimum atomic E-state index is 0. The number of halogens is 1. The van der Waals surface area contributed by atoms with Crippen molar-refractivity contribution in [3.63, 3.8) is 0 Å². The van der Waals surface area contributed by atoms with E-state index in [1.807, 2.05) is 6.20 Å². The van der Waals surface area contributed by atoms with Gasteiger partial charge in [0.05, 0.1) is 5.52 Å². The number of rotatable bonds is 2. The molecule has 0 amide bonds. The molecule has 5 rings (SSSR count). The number of fused-ring (bicyclic) bond motifs is 2. The third kappa shape index (κ3) is 2.93. The summed E-state index contributed by atoms with van der Waals surface area (Å²) in [5.41, 5.74) is 7.16. The number of hydrogen-bond acceptors (Lipinski definition) is 2. The van der Waals surface area contributed by atoms with Gasteiger partial charge in [0.2, 0.25) is 0 Å². The van der Waals surface area contributed by atoms with Gasteiger partial charge in [-0.3, -0.25) is 0 Å². The van der Waals surface area contributed by atoms with Crippen molar-refractivity contribution in [2.75, 3.05) is 11.4 Å². The average Bonchev–Trinajstić information content (AvgIpc) is 3.29. The van der Waals surface area contributed by atoms with Crippen LogP contribution in [0.25, 0.3) is 10.9 Å². The lowest BCUT2D eigenvalue weighted by Crippen LogP contribution is -2.31. The van der Waals surface area contributed by atoms with Gasteiger partial charge in [0.25, 0.3) is 0 Å². The van der Waals surface area contributed by atoms with Gasteiger partial charge in [0.15, 0.2) is 0 Å². The molecule has 1 aliphatic carbocycles. The lowest BCUT2D eigenvalue weighted by Gasteiger charge is -2.30. The quantitative estimate of drug-likeness (QED) is 0.563. The summed E-state index contributed by atoms with van der Waals surface area (Å²) in [6.07, 6.45) is 8.49. The fourth-order valence-corrected chi connectivity index (χ4v) is 5.09. The van der Waals surface area contributed by atoms with Crippen LogP contribution in [-0.2, 0) is 13.0 Å². The number of hydrogen-bond donors (Lipinski definition) is 0. The highest BCUT2D eigenvalue weighted by molar-refractivity contribution is 5.95. The van der Waals surface area contributed by atoms with Crippen LogP contribution in [0.3, 0.4) is 0 Å². The Labute approximate surface area is 167 Å². The summed E-state index contributed by atoms with van der Waals surface area (Å²) in [7, 11) is 0. The van der Waals surface area contributed by atoms with Gasteiger partial charge in [-0.25, -0.2) is 4.98 Å². The summed E-state index contributed by atoms with van der Waals surface area (Å²) in [6.45, 7) is 6.60. The maximum absolute atomic E-state index is 4.86. The second-order valence-electron chi connectivity index (χ2n) is 7.99. The van der Waals surface area contributed by atoms with E-state index >= 15 is 0 Å². The van der Waals surface area contributed by atoms with E-state index < -0.39 is 0 Å². The Bertz CT molecular complexity index is 969. The molecule has 142 valence electrons. The maximum Gasteiger partial charge on any atom is 0.138 e. The molecule has 27 heavy (non-hydrogen) atoms. The molecule has 3 heterocycles. The van der Waals surface area contributed by atoms with Crippen molar-refractivity contribution in [1.29, 1.82) is 0 Å². The van der Waals surface area contributed by atoms with Crippen molar-refractivity contribution in [1.82, 2.24) is 9.55 Å². The van der Waals surface area contributed by atoms with E-state index in [2.05, 4.69) is 53.6 Å². The van der Waals surface area contributed by atoms with Gasteiger partial charge >= 0.3 is 0 Å². The SMILES string of the molecule is Cc1c(C)n(C2CCCC2)c2ccnc(N3CCc4ccccc4C3)c12.Cl. The van der Waals surface area contributed by atoms with E-state index in [1.165, 1.54) is 64.8 Å². The molecule has 4 heteroatoms. The number of benzene rings is 1. The van der Waals surface area contributed by atoms with Gasteiger partial charge in [0, 0.05) is 36.4 Å². The highest BCUT2D eigenvalue weighted by Gasteiger charge is 2.26. The van der Waals surface area contributed by atoms with E-state index in [4.69, 9.17) is 4.98 Å². The Morgan fingerprint density at radius 3 is 2.52 bits per heavy atom. The minimum Gasteiger partial charge on any atom is -0.351 e. The molecule has 0 bridgehead atoms. The summed E-state index contributed by atoms with van der Waals surface area (Å²) >= 11 is 0. The first kappa shape index (κ1) is 18.4. The molecule has 0 unspecified atom stereocenters. The van der Waals surface area contributed by atoms with E-state index in [1.54, 1.807) is 0 Å². The fourth-order valence-electron chi connectivity index (χ4n) is 5.09.